The van der Waals surface area contributed by atoms with Crippen LogP contribution in [0.5, 0.6) is 0 Å². The van der Waals surface area contributed by atoms with Gasteiger partial charge in [-0.3, -0.25) is 9.69 Å². The standard InChI is InChI=1S/C7H13NO/c1-5(2)7(9)6-4-8(6)3/h5-6H,4H2,1-3H3. The third-order valence-corrected chi connectivity index (χ3v) is 1.76. The molecule has 2 nitrogen and oxygen atoms in total. The molecule has 1 aliphatic rings. The van der Waals surface area contributed by atoms with Crippen LogP contribution in [-0.4, -0.2) is 30.3 Å². The van der Waals surface area contributed by atoms with Gasteiger partial charge in [-0.2, -0.15) is 0 Å². The number of hydrogen-bond donors (Lipinski definition) is 0. The molecule has 0 spiro atoms. The van der Waals surface area contributed by atoms with Gasteiger partial charge in [-0.15, -0.1) is 0 Å². The first-order valence-corrected chi connectivity index (χ1v) is 3.37. The number of ketones is 1. The van der Waals surface area contributed by atoms with Gasteiger partial charge in [-0.05, 0) is 7.05 Å². The average molecular weight is 127 g/mol. The molecule has 1 saturated heterocycles. The van der Waals surface area contributed by atoms with E-state index in [1.165, 1.54) is 0 Å². The van der Waals surface area contributed by atoms with Crippen molar-refractivity contribution >= 4 is 5.78 Å². The average Bonchev–Trinajstić information content (AvgIpc) is 2.44. The summed E-state index contributed by atoms with van der Waals surface area (Å²) in [6, 6.07) is 0.255. The van der Waals surface area contributed by atoms with Crippen LogP contribution in [0.2, 0.25) is 0 Å². The van der Waals surface area contributed by atoms with Crippen molar-refractivity contribution in [3.8, 4) is 0 Å². The zero-order valence-corrected chi connectivity index (χ0v) is 6.22. The van der Waals surface area contributed by atoms with Crippen LogP contribution in [-0.2, 0) is 4.79 Å². The SMILES string of the molecule is CC(C)C(=O)C1CN1C. The summed E-state index contributed by atoms with van der Waals surface area (Å²) >= 11 is 0. The minimum atomic E-state index is 0.208. The van der Waals surface area contributed by atoms with Crippen molar-refractivity contribution in [1.29, 1.82) is 0 Å². The van der Waals surface area contributed by atoms with E-state index in [4.69, 9.17) is 0 Å². The lowest BCUT2D eigenvalue weighted by atomic mass is 10.1. The van der Waals surface area contributed by atoms with Gasteiger partial charge in [-0.1, -0.05) is 13.8 Å². The number of likely N-dealkylation sites (N-methyl/N-ethyl adjacent to an activating group) is 1. The van der Waals surface area contributed by atoms with Crippen LogP contribution >= 0.6 is 0 Å². The second-order valence-corrected chi connectivity index (χ2v) is 3.01. The monoisotopic (exact) mass is 127 g/mol. The first-order valence-electron chi connectivity index (χ1n) is 3.37. The van der Waals surface area contributed by atoms with Crippen LogP contribution in [0.1, 0.15) is 13.8 Å². The Morgan fingerprint density at radius 1 is 1.67 bits per heavy atom. The molecular weight excluding hydrogens is 114 g/mol. The molecule has 0 aromatic heterocycles. The van der Waals surface area contributed by atoms with Crippen LogP contribution in [0.4, 0.5) is 0 Å². The zero-order valence-electron chi connectivity index (χ0n) is 6.22. The Kier molecular flexibility index (Phi) is 1.58. The molecular formula is C7H13NO. The van der Waals surface area contributed by atoms with Crippen LogP contribution in [0.25, 0.3) is 0 Å². The van der Waals surface area contributed by atoms with E-state index in [-0.39, 0.29) is 12.0 Å². The molecule has 0 aliphatic carbocycles. The number of nitrogens with zero attached hydrogens (tertiary/aromatic N) is 1. The van der Waals surface area contributed by atoms with Gasteiger partial charge in [0.1, 0.15) is 0 Å². The molecule has 1 aliphatic heterocycles. The van der Waals surface area contributed by atoms with Gasteiger partial charge in [0, 0.05) is 12.5 Å². The van der Waals surface area contributed by atoms with Crippen molar-refractivity contribution in [1.82, 2.24) is 4.90 Å². The van der Waals surface area contributed by atoms with Crippen LogP contribution < -0.4 is 0 Å². The maximum atomic E-state index is 11.1. The number of hydrogen-bond acceptors (Lipinski definition) is 2. The Labute approximate surface area is 55.8 Å². The second-order valence-electron chi connectivity index (χ2n) is 3.01. The summed E-state index contributed by atoms with van der Waals surface area (Å²) in [7, 11) is 1.98. The van der Waals surface area contributed by atoms with E-state index in [0.29, 0.717) is 5.78 Å². The summed E-state index contributed by atoms with van der Waals surface area (Å²) in [4.78, 5) is 13.1. The van der Waals surface area contributed by atoms with Gasteiger partial charge in [0.15, 0.2) is 5.78 Å². The van der Waals surface area contributed by atoms with Crippen molar-refractivity contribution in [3.05, 3.63) is 0 Å². The fourth-order valence-corrected chi connectivity index (χ4v) is 0.918. The molecule has 1 heterocycles. The van der Waals surface area contributed by atoms with Gasteiger partial charge in [0.2, 0.25) is 0 Å². The van der Waals surface area contributed by atoms with E-state index in [9.17, 15) is 4.79 Å². The summed E-state index contributed by atoms with van der Waals surface area (Å²) in [6.45, 7) is 4.88. The van der Waals surface area contributed by atoms with Crippen LogP contribution in [0.15, 0.2) is 0 Å². The molecule has 2 heteroatoms. The number of Topliss-reactive ketones (excluding diaryl/α,β-unsaturated/α-hetero) is 1. The van der Waals surface area contributed by atoms with E-state index in [0.717, 1.165) is 6.54 Å². The van der Waals surface area contributed by atoms with Crippen LogP contribution in [0, 0.1) is 5.92 Å². The lowest BCUT2D eigenvalue weighted by molar-refractivity contribution is -0.122. The van der Waals surface area contributed by atoms with Gasteiger partial charge >= 0.3 is 0 Å². The van der Waals surface area contributed by atoms with E-state index in [1.807, 2.05) is 20.9 Å². The topological polar surface area (TPSA) is 20.1 Å². The largest absolute Gasteiger partial charge is 0.298 e. The summed E-state index contributed by atoms with van der Waals surface area (Å²) in [5.41, 5.74) is 0. The lowest BCUT2D eigenvalue weighted by Gasteiger charge is -1.99. The number of carbonyl (C=O) groups is 1. The highest BCUT2D eigenvalue weighted by Crippen LogP contribution is 2.17. The molecule has 2 atom stereocenters. The Balaban J connectivity index is 2.36. The predicted molar refractivity (Wildman–Crippen MR) is 36.3 cm³/mol. The first kappa shape index (κ1) is 6.75. The molecule has 0 bridgehead atoms. The zero-order chi connectivity index (χ0) is 7.02. The van der Waals surface area contributed by atoms with E-state index in [1.54, 1.807) is 0 Å². The molecule has 0 N–H and O–H groups in total. The third kappa shape index (κ3) is 1.30. The second kappa shape index (κ2) is 2.10. The summed E-state index contributed by atoms with van der Waals surface area (Å²) < 4.78 is 0. The Bertz CT molecular complexity index is 131. The summed E-state index contributed by atoms with van der Waals surface area (Å²) in [6.07, 6.45) is 0. The van der Waals surface area contributed by atoms with Gasteiger partial charge in [0.25, 0.3) is 0 Å². The van der Waals surface area contributed by atoms with Crippen LogP contribution in [0.3, 0.4) is 0 Å². The number of rotatable bonds is 2. The van der Waals surface area contributed by atoms with Crippen molar-refractivity contribution < 1.29 is 4.79 Å². The highest BCUT2D eigenvalue weighted by molar-refractivity contribution is 5.88. The first-order chi connectivity index (χ1) is 4.13. The molecule has 0 radical (unpaired) electrons. The highest BCUT2D eigenvalue weighted by atomic mass is 16.1. The number of carbonyl (C=O) groups excluding carboxylic acids is 1. The molecule has 0 amide bonds. The lowest BCUT2D eigenvalue weighted by Crippen LogP contribution is -2.16. The molecule has 1 fully saturated rings. The fourth-order valence-electron chi connectivity index (χ4n) is 0.918. The smallest absolute Gasteiger partial charge is 0.153 e. The molecule has 52 valence electrons. The van der Waals surface area contributed by atoms with Crippen molar-refractivity contribution in [2.75, 3.05) is 13.6 Å². The predicted octanol–water partition coefficient (Wildman–Crippen LogP) is 0.526. The molecule has 9 heavy (non-hydrogen) atoms. The van der Waals surface area contributed by atoms with E-state index < -0.39 is 0 Å². The third-order valence-electron chi connectivity index (χ3n) is 1.76. The molecule has 2 unspecified atom stereocenters. The summed E-state index contributed by atoms with van der Waals surface area (Å²) in [5.74, 6) is 0.595. The minimum absolute atomic E-state index is 0.208. The maximum absolute atomic E-state index is 11.1. The Morgan fingerprint density at radius 3 is 2.22 bits per heavy atom. The molecule has 1 rings (SSSR count). The van der Waals surface area contributed by atoms with Crippen molar-refractivity contribution in [2.45, 2.75) is 19.9 Å². The Morgan fingerprint density at radius 2 is 2.11 bits per heavy atom. The maximum Gasteiger partial charge on any atom is 0.153 e. The fraction of sp³-hybridized carbons (Fsp3) is 0.857. The molecule has 0 saturated carbocycles. The highest BCUT2D eigenvalue weighted by Gasteiger charge is 2.37. The quantitative estimate of drug-likeness (QED) is 0.504. The molecule has 0 aromatic carbocycles. The van der Waals surface area contributed by atoms with E-state index in [2.05, 4.69) is 4.90 Å². The van der Waals surface area contributed by atoms with Gasteiger partial charge in [0.05, 0.1) is 6.04 Å². The summed E-state index contributed by atoms with van der Waals surface area (Å²) in [5, 5.41) is 0. The minimum Gasteiger partial charge on any atom is -0.298 e. The van der Waals surface area contributed by atoms with Crippen molar-refractivity contribution in [2.24, 2.45) is 5.92 Å². The van der Waals surface area contributed by atoms with Gasteiger partial charge < -0.3 is 0 Å². The van der Waals surface area contributed by atoms with Crippen molar-refractivity contribution in [3.63, 3.8) is 0 Å². The molecule has 0 aromatic rings. The van der Waals surface area contributed by atoms with Gasteiger partial charge in [-0.25, -0.2) is 0 Å². The Hall–Kier alpha value is -0.370. The normalized spacial score (nSPS) is 32.9. The van der Waals surface area contributed by atoms with E-state index >= 15 is 0 Å².